The zero-order chi connectivity index (χ0) is 7.56. The molecule has 1 aliphatic rings. The molecule has 5 heteroatoms. The lowest BCUT2D eigenvalue weighted by Gasteiger charge is -2.12. The van der Waals surface area contributed by atoms with Gasteiger partial charge in [0.25, 0.3) is 0 Å². The van der Waals surface area contributed by atoms with E-state index in [0.29, 0.717) is 19.6 Å². The summed E-state index contributed by atoms with van der Waals surface area (Å²) >= 11 is 3.07. The van der Waals surface area contributed by atoms with Crippen molar-refractivity contribution in [2.45, 2.75) is 0 Å². The summed E-state index contributed by atoms with van der Waals surface area (Å²) in [6.45, 7) is 1.86. The van der Waals surface area contributed by atoms with E-state index < -0.39 is 0 Å². The lowest BCUT2D eigenvalue weighted by Crippen LogP contribution is -2.29. The number of aliphatic hydroxyl groups excluding tert-OH is 1. The fourth-order valence-electron chi connectivity index (χ4n) is 0.881. The first-order valence-electron chi connectivity index (χ1n) is 3.09. The minimum atomic E-state index is -0.0611. The maximum absolute atomic E-state index is 11.0. The summed E-state index contributed by atoms with van der Waals surface area (Å²) in [5, 5.41) is 8.50. The molecule has 1 saturated heterocycles. The molecule has 0 aromatic rings. The van der Waals surface area contributed by atoms with Crippen LogP contribution in [0.3, 0.4) is 0 Å². The second-order valence-electron chi connectivity index (χ2n) is 2.08. The van der Waals surface area contributed by atoms with Crippen molar-refractivity contribution in [1.82, 2.24) is 8.83 Å². The molecule has 1 N–H and O–H groups in total. The van der Waals surface area contributed by atoms with Crippen LogP contribution in [0.25, 0.3) is 0 Å². The third-order valence-electron chi connectivity index (χ3n) is 1.41. The van der Waals surface area contributed by atoms with Crippen molar-refractivity contribution in [1.29, 1.82) is 0 Å². The average Bonchev–Trinajstić information content (AvgIpc) is 2.20. The van der Waals surface area contributed by atoms with Gasteiger partial charge in [0.2, 0.25) is 0 Å². The van der Waals surface area contributed by atoms with Crippen LogP contribution < -0.4 is 0 Å². The molecule has 0 spiro atoms. The van der Waals surface area contributed by atoms with Crippen LogP contribution in [0.15, 0.2) is 0 Å². The predicted molar refractivity (Wildman–Crippen MR) is 39.7 cm³/mol. The van der Waals surface area contributed by atoms with Gasteiger partial charge in [0, 0.05) is 13.1 Å². The second-order valence-corrected chi connectivity index (χ2v) is 2.94. The Morgan fingerprint density at radius 2 is 2.30 bits per heavy atom. The van der Waals surface area contributed by atoms with Gasteiger partial charge < -0.3 is 10.0 Å². The molecule has 0 aliphatic carbocycles. The molecule has 4 nitrogen and oxygen atoms in total. The van der Waals surface area contributed by atoms with E-state index >= 15 is 0 Å². The van der Waals surface area contributed by atoms with Crippen LogP contribution in [0, 0.1) is 0 Å². The third kappa shape index (κ3) is 1.41. The largest absolute Gasteiger partial charge is 0.395 e. The normalized spacial score (nSPS) is 18.8. The topological polar surface area (TPSA) is 43.8 Å². The molecule has 0 saturated carbocycles. The number of nitrogens with zero attached hydrogens (tertiary/aromatic N) is 2. The highest BCUT2D eigenvalue weighted by Crippen LogP contribution is 2.11. The van der Waals surface area contributed by atoms with E-state index in [1.54, 1.807) is 4.90 Å². The van der Waals surface area contributed by atoms with Gasteiger partial charge in [-0.05, 0) is 0 Å². The van der Waals surface area contributed by atoms with Gasteiger partial charge in [-0.2, -0.15) is 0 Å². The Morgan fingerprint density at radius 3 is 2.70 bits per heavy atom. The molecule has 2 amide bonds. The van der Waals surface area contributed by atoms with Gasteiger partial charge in [-0.1, -0.05) is 0 Å². The van der Waals surface area contributed by atoms with Gasteiger partial charge in [-0.3, -0.25) is 3.93 Å². The Morgan fingerprint density at radius 1 is 1.60 bits per heavy atom. The van der Waals surface area contributed by atoms with Crippen molar-refractivity contribution < 1.29 is 9.90 Å². The molecule has 0 bridgehead atoms. The molecule has 0 aromatic carbocycles. The van der Waals surface area contributed by atoms with E-state index in [0.717, 1.165) is 0 Å². The summed E-state index contributed by atoms with van der Waals surface area (Å²) in [6, 6.07) is -0.0611. The first-order chi connectivity index (χ1) is 4.75. The van der Waals surface area contributed by atoms with Crippen molar-refractivity contribution in [3.63, 3.8) is 0 Å². The average molecular weight is 209 g/mol. The van der Waals surface area contributed by atoms with Gasteiger partial charge in [0.1, 0.15) is 0 Å². The molecule has 0 radical (unpaired) electrons. The summed E-state index contributed by atoms with van der Waals surface area (Å²) in [5.41, 5.74) is 0. The molecule has 0 atom stereocenters. The van der Waals surface area contributed by atoms with E-state index in [-0.39, 0.29) is 12.6 Å². The number of urea groups is 1. The highest BCUT2D eigenvalue weighted by Gasteiger charge is 2.25. The van der Waals surface area contributed by atoms with Crippen molar-refractivity contribution in [3.05, 3.63) is 0 Å². The van der Waals surface area contributed by atoms with Crippen LogP contribution in [0.1, 0.15) is 0 Å². The fraction of sp³-hybridized carbons (Fsp3) is 0.800. The molecule has 1 fully saturated rings. The van der Waals surface area contributed by atoms with Crippen molar-refractivity contribution >= 4 is 22.2 Å². The quantitative estimate of drug-likeness (QED) is 0.652. The molecule has 0 unspecified atom stereocenters. The standard InChI is InChI=1S/C5H9BrN2O2/c6-8-2-1-7(3-4-9)5(8)10/h9H,1-4H2. The number of β-amino-alcohol motifs (C(OH)–C–C–N with tert-alkyl or cyclic N) is 1. The van der Waals surface area contributed by atoms with Gasteiger partial charge in [0.05, 0.1) is 29.3 Å². The number of hydrogen-bond donors (Lipinski definition) is 1. The minimum absolute atomic E-state index is 0.0343. The molecule has 1 rings (SSSR count). The van der Waals surface area contributed by atoms with Crippen LogP contribution in [0.5, 0.6) is 0 Å². The van der Waals surface area contributed by atoms with Gasteiger partial charge in [0.15, 0.2) is 0 Å². The number of carbonyl (C=O) groups excluding carboxylic acids is 1. The van der Waals surface area contributed by atoms with Crippen LogP contribution >= 0.6 is 16.1 Å². The summed E-state index contributed by atoms with van der Waals surface area (Å²) in [5.74, 6) is 0. The molecule has 1 aliphatic heterocycles. The van der Waals surface area contributed by atoms with Crippen molar-refractivity contribution in [2.24, 2.45) is 0 Å². The molecule has 58 valence electrons. The SMILES string of the molecule is O=C1N(Br)CCN1CCO. The van der Waals surface area contributed by atoms with Crippen LogP contribution in [-0.4, -0.2) is 46.2 Å². The van der Waals surface area contributed by atoms with E-state index in [2.05, 4.69) is 16.1 Å². The monoisotopic (exact) mass is 208 g/mol. The Labute approximate surface area is 67.7 Å². The molecule has 1 heterocycles. The molecular weight excluding hydrogens is 200 g/mol. The Bertz CT molecular complexity index is 140. The van der Waals surface area contributed by atoms with E-state index in [1.807, 2.05) is 0 Å². The fourth-order valence-corrected chi connectivity index (χ4v) is 1.26. The van der Waals surface area contributed by atoms with E-state index in [9.17, 15) is 4.79 Å². The lowest BCUT2D eigenvalue weighted by atomic mass is 10.5. The molecule has 0 aromatic heterocycles. The highest BCUT2D eigenvalue weighted by atomic mass is 79.9. The van der Waals surface area contributed by atoms with Gasteiger partial charge >= 0.3 is 6.03 Å². The zero-order valence-electron chi connectivity index (χ0n) is 5.46. The van der Waals surface area contributed by atoms with E-state index in [1.165, 1.54) is 3.93 Å². The summed E-state index contributed by atoms with van der Waals surface area (Å²) in [4.78, 5) is 12.6. The number of aliphatic hydroxyl groups is 1. The predicted octanol–water partition coefficient (Wildman–Crippen LogP) is 0.0262. The van der Waals surface area contributed by atoms with Crippen LogP contribution in [0.4, 0.5) is 4.79 Å². The number of rotatable bonds is 2. The Balaban J connectivity index is 2.41. The van der Waals surface area contributed by atoms with Crippen molar-refractivity contribution in [3.8, 4) is 0 Å². The van der Waals surface area contributed by atoms with Gasteiger partial charge in [-0.15, -0.1) is 0 Å². The highest BCUT2D eigenvalue weighted by molar-refractivity contribution is 9.07. The Hall–Kier alpha value is -0.290. The first kappa shape index (κ1) is 7.81. The minimum Gasteiger partial charge on any atom is -0.395 e. The maximum atomic E-state index is 11.0. The van der Waals surface area contributed by atoms with Crippen LogP contribution in [0.2, 0.25) is 0 Å². The Kier molecular flexibility index (Phi) is 2.50. The maximum Gasteiger partial charge on any atom is 0.330 e. The third-order valence-corrected chi connectivity index (χ3v) is 2.07. The smallest absolute Gasteiger partial charge is 0.330 e. The number of hydrogen-bond acceptors (Lipinski definition) is 2. The van der Waals surface area contributed by atoms with Crippen molar-refractivity contribution in [2.75, 3.05) is 26.2 Å². The van der Waals surface area contributed by atoms with Crippen LogP contribution in [-0.2, 0) is 0 Å². The number of halogens is 1. The van der Waals surface area contributed by atoms with E-state index in [4.69, 9.17) is 5.11 Å². The first-order valence-corrected chi connectivity index (χ1v) is 3.79. The zero-order valence-corrected chi connectivity index (χ0v) is 7.04. The summed E-state index contributed by atoms with van der Waals surface area (Å²) in [6.07, 6.45) is 0. The number of carbonyl (C=O) groups is 1. The summed E-state index contributed by atoms with van der Waals surface area (Å²) < 4.78 is 1.46. The summed E-state index contributed by atoms with van der Waals surface area (Å²) in [7, 11) is 0. The second kappa shape index (κ2) is 3.21. The van der Waals surface area contributed by atoms with Gasteiger partial charge in [-0.25, -0.2) is 4.79 Å². The lowest BCUT2D eigenvalue weighted by molar-refractivity contribution is 0.191. The molecule has 10 heavy (non-hydrogen) atoms. The molecular formula is C5H9BrN2O2. The number of amides is 2.